The van der Waals surface area contributed by atoms with E-state index in [2.05, 4.69) is 14.7 Å². The second kappa shape index (κ2) is 4.90. The van der Waals surface area contributed by atoms with Crippen LogP contribution in [0.2, 0.25) is 0 Å². The molecule has 0 aliphatic carbocycles. The first-order valence-corrected chi connectivity index (χ1v) is 6.39. The van der Waals surface area contributed by atoms with Gasteiger partial charge in [0, 0.05) is 11.1 Å². The number of carbonyl (C=O) groups is 1. The number of imidazole rings is 1. The second-order valence-corrected chi connectivity index (χ2v) is 4.64. The smallest absolute Gasteiger partial charge is 0.360 e. The minimum atomic E-state index is -0.554. The highest BCUT2D eigenvalue weighted by Gasteiger charge is 2.18. The molecule has 0 saturated carbocycles. The van der Waals surface area contributed by atoms with Crippen molar-refractivity contribution in [3.63, 3.8) is 0 Å². The molecule has 3 rings (SSSR count). The Hall–Kier alpha value is -2.89. The van der Waals surface area contributed by atoms with Gasteiger partial charge in [-0.3, -0.25) is 9.55 Å². The summed E-state index contributed by atoms with van der Waals surface area (Å²) in [6.45, 7) is 1.91. The minimum absolute atomic E-state index is 0.107. The number of nitrogen functional groups attached to an aromatic ring is 1. The Balaban J connectivity index is 2.26. The van der Waals surface area contributed by atoms with Crippen LogP contribution < -0.4 is 5.73 Å². The number of carbonyl (C=O) groups excluding carboxylic acids is 1. The summed E-state index contributed by atoms with van der Waals surface area (Å²) in [6.07, 6.45) is 1.52. The fourth-order valence-corrected chi connectivity index (χ4v) is 2.29. The van der Waals surface area contributed by atoms with E-state index in [1.165, 1.54) is 13.4 Å². The molecule has 21 heavy (non-hydrogen) atoms. The van der Waals surface area contributed by atoms with E-state index in [1.54, 1.807) is 4.57 Å². The summed E-state index contributed by atoms with van der Waals surface area (Å²) in [4.78, 5) is 20.1. The number of anilines is 1. The molecule has 0 amide bonds. The standard InChI is InChI=1S/C15H14N4O2/c1-9-7-12(10-5-3-4-6-11(10)18-9)19-8-17-13(14(19)16)15(20)21-2/h3-8H,16H2,1-2H3. The molecule has 3 aromatic rings. The molecule has 0 unspecified atom stereocenters. The maximum Gasteiger partial charge on any atom is 0.360 e. The second-order valence-electron chi connectivity index (χ2n) is 4.64. The number of nitrogens with two attached hydrogens (primary N) is 1. The summed E-state index contributed by atoms with van der Waals surface area (Å²) < 4.78 is 6.34. The van der Waals surface area contributed by atoms with Gasteiger partial charge in [0.05, 0.1) is 18.3 Å². The Morgan fingerprint density at radius 3 is 2.86 bits per heavy atom. The Morgan fingerprint density at radius 2 is 2.10 bits per heavy atom. The van der Waals surface area contributed by atoms with Gasteiger partial charge in [-0.05, 0) is 19.1 Å². The van der Waals surface area contributed by atoms with Gasteiger partial charge in [0.1, 0.15) is 12.1 Å². The molecule has 0 fully saturated rings. The molecule has 2 heterocycles. The monoisotopic (exact) mass is 282 g/mol. The van der Waals surface area contributed by atoms with Gasteiger partial charge in [-0.1, -0.05) is 18.2 Å². The zero-order chi connectivity index (χ0) is 15.0. The molecular formula is C15H14N4O2. The Morgan fingerprint density at radius 1 is 1.33 bits per heavy atom. The number of rotatable bonds is 2. The normalized spacial score (nSPS) is 10.8. The Kier molecular flexibility index (Phi) is 3.06. The molecule has 6 nitrogen and oxygen atoms in total. The molecule has 0 spiro atoms. The summed E-state index contributed by atoms with van der Waals surface area (Å²) in [7, 11) is 1.30. The molecular weight excluding hydrogens is 268 g/mol. The number of aromatic nitrogens is 3. The van der Waals surface area contributed by atoms with Gasteiger partial charge in [0.25, 0.3) is 0 Å². The van der Waals surface area contributed by atoms with E-state index in [0.29, 0.717) is 0 Å². The minimum Gasteiger partial charge on any atom is -0.464 e. The van der Waals surface area contributed by atoms with Crippen LogP contribution in [0.3, 0.4) is 0 Å². The van der Waals surface area contributed by atoms with Crippen LogP contribution in [0, 0.1) is 6.92 Å². The van der Waals surface area contributed by atoms with Crippen molar-refractivity contribution < 1.29 is 9.53 Å². The fourth-order valence-electron chi connectivity index (χ4n) is 2.29. The maximum absolute atomic E-state index is 11.6. The fraction of sp³-hybridized carbons (Fsp3) is 0.133. The van der Waals surface area contributed by atoms with E-state index in [0.717, 1.165) is 22.3 Å². The third kappa shape index (κ3) is 2.10. The zero-order valence-corrected chi connectivity index (χ0v) is 11.7. The van der Waals surface area contributed by atoms with Crippen molar-refractivity contribution in [2.24, 2.45) is 0 Å². The largest absolute Gasteiger partial charge is 0.464 e. The van der Waals surface area contributed by atoms with Gasteiger partial charge in [-0.2, -0.15) is 0 Å². The van der Waals surface area contributed by atoms with E-state index in [-0.39, 0.29) is 11.5 Å². The molecule has 6 heteroatoms. The number of esters is 1. The van der Waals surface area contributed by atoms with Crippen molar-refractivity contribution in [2.45, 2.75) is 6.92 Å². The van der Waals surface area contributed by atoms with Crippen molar-refractivity contribution in [2.75, 3.05) is 12.8 Å². The highest BCUT2D eigenvalue weighted by molar-refractivity contribution is 5.94. The number of nitrogens with zero attached hydrogens (tertiary/aromatic N) is 3. The van der Waals surface area contributed by atoms with Crippen LogP contribution in [0.5, 0.6) is 0 Å². The lowest BCUT2D eigenvalue weighted by Gasteiger charge is -2.10. The third-order valence-electron chi connectivity index (χ3n) is 3.27. The number of hydrogen-bond acceptors (Lipinski definition) is 5. The van der Waals surface area contributed by atoms with Gasteiger partial charge in [0.15, 0.2) is 5.69 Å². The number of fused-ring (bicyclic) bond motifs is 1. The molecule has 0 bridgehead atoms. The van der Waals surface area contributed by atoms with Crippen LogP contribution in [0.25, 0.3) is 16.6 Å². The predicted octanol–water partition coefficient (Wildman–Crippen LogP) is 2.10. The van der Waals surface area contributed by atoms with Crippen molar-refractivity contribution >= 4 is 22.7 Å². The molecule has 2 N–H and O–H groups in total. The molecule has 1 aromatic carbocycles. The van der Waals surface area contributed by atoms with E-state index >= 15 is 0 Å². The first-order chi connectivity index (χ1) is 10.1. The lowest BCUT2D eigenvalue weighted by molar-refractivity contribution is 0.0596. The van der Waals surface area contributed by atoms with Crippen LogP contribution in [0.15, 0.2) is 36.7 Å². The van der Waals surface area contributed by atoms with E-state index in [1.807, 2.05) is 37.3 Å². The summed E-state index contributed by atoms with van der Waals surface area (Å²) >= 11 is 0. The van der Waals surface area contributed by atoms with Crippen LogP contribution in [0.4, 0.5) is 5.82 Å². The van der Waals surface area contributed by atoms with Crippen molar-refractivity contribution in [1.29, 1.82) is 0 Å². The molecule has 106 valence electrons. The van der Waals surface area contributed by atoms with Crippen molar-refractivity contribution in [3.05, 3.63) is 48.0 Å². The van der Waals surface area contributed by atoms with Gasteiger partial charge in [-0.15, -0.1) is 0 Å². The van der Waals surface area contributed by atoms with Crippen molar-refractivity contribution in [3.8, 4) is 5.69 Å². The Bertz CT molecular complexity index is 839. The summed E-state index contributed by atoms with van der Waals surface area (Å²) in [5, 5.41) is 0.934. The van der Waals surface area contributed by atoms with E-state index in [9.17, 15) is 4.79 Å². The van der Waals surface area contributed by atoms with Crippen LogP contribution in [-0.2, 0) is 4.74 Å². The number of pyridine rings is 1. The van der Waals surface area contributed by atoms with Crippen LogP contribution in [-0.4, -0.2) is 27.6 Å². The molecule has 0 aliphatic heterocycles. The molecule has 0 radical (unpaired) electrons. The quantitative estimate of drug-likeness (QED) is 0.728. The van der Waals surface area contributed by atoms with E-state index < -0.39 is 5.97 Å². The number of methoxy groups -OCH3 is 1. The number of para-hydroxylation sites is 1. The zero-order valence-electron chi connectivity index (χ0n) is 11.7. The predicted molar refractivity (Wildman–Crippen MR) is 79.4 cm³/mol. The number of ether oxygens (including phenoxy) is 1. The Labute approximate surface area is 121 Å². The highest BCUT2D eigenvalue weighted by atomic mass is 16.5. The van der Waals surface area contributed by atoms with Gasteiger partial charge in [0.2, 0.25) is 0 Å². The van der Waals surface area contributed by atoms with Gasteiger partial charge < -0.3 is 10.5 Å². The topological polar surface area (TPSA) is 83.0 Å². The lowest BCUT2D eigenvalue weighted by Crippen LogP contribution is -2.08. The first-order valence-electron chi connectivity index (χ1n) is 6.39. The molecule has 0 aliphatic rings. The highest BCUT2D eigenvalue weighted by Crippen LogP contribution is 2.25. The maximum atomic E-state index is 11.6. The number of hydrogen-bond donors (Lipinski definition) is 1. The average molecular weight is 282 g/mol. The first kappa shape index (κ1) is 13.1. The SMILES string of the molecule is COC(=O)c1ncn(-c2cc(C)nc3ccccc23)c1N. The number of benzene rings is 1. The molecule has 0 saturated heterocycles. The third-order valence-corrected chi connectivity index (χ3v) is 3.27. The van der Waals surface area contributed by atoms with Crippen LogP contribution >= 0.6 is 0 Å². The molecule has 2 aromatic heterocycles. The lowest BCUT2D eigenvalue weighted by atomic mass is 10.1. The summed E-state index contributed by atoms with van der Waals surface area (Å²) in [5.74, 6) is -0.307. The molecule has 0 atom stereocenters. The average Bonchev–Trinajstić information content (AvgIpc) is 2.87. The van der Waals surface area contributed by atoms with E-state index in [4.69, 9.17) is 5.73 Å². The van der Waals surface area contributed by atoms with Gasteiger partial charge in [-0.25, -0.2) is 9.78 Å². The summed E-state index contributed by atoms with van der Waals surface area (Å²) in [5.41, 5.74) is 8.69. The number of aryl methyl sites for hydroxylation is 1. The summed E-state index contributed by atoms with van der Waals surface area (Å²) in [6, 6.07) is 9.64. The van der Waals surface area contributed by atoms with Crippen LogP contribution in [0.1, 0.15) is 16.2 Å². The van der Waals surface area contributed by atoms with Gasteiger partial charge >= 0.3 is 5.97 Å². The van der Waals surface area contributed by atoms with Crippen molar-refractivity contribution in [1.82, 2.24) is 14.5 Å².